The summed E-state index contributed by atoms with van der Waals surface area (Å²) in [6.45, 7) is 7.32. The lowest BCUT2D eigenvalue weighted by Crippen LogP contribution is -2.33. The fraction of sp³-hybridized carbons (Fsp3) is 0.350. The summed E-state index contributed by atoms with van der Waals surface area (Å²) in [5.41, 5.74) is 2.74. The van der Waals surface area contributed by atoms with E-state index in [1.165, 1.54) is 0 Å². The highest BCUT2D eigenvalue weighted by atomic mass is 16.5. The van der Waals surface area contributed by atoms with Gasteiger partial charge in [0, 0.05) is 17.0 Å². The first-order valence-electron chi connectivity index (χ1n) is 8.53. The van der Waals surface area contributed by atoms with Crippen molar-refractivity contribution in [1.82, 2.24) is 5.32 Å². The van der Waals surface area contributed by atoms with Crippen molar-refractivity contribution < 1.29 is 23.9 Å². The number of allylic oxidation sites excluding steroid dienone is 2. The molecule has 0 saturated carbocycles. The number of hydrogen-bond acceptors (Lipinski definition) is 6. The Balaban J connectivity index is 2.71. The molecule has 26 heavy (non-hydrogen) atoms. The van der Waals surface area contributed by atoms with E-state index in [0.717, 1.165) is 0 Å². The van der Waals surface area contributed by atoms with Crippen LogP contribution in [0, 0.1) is 0 Å². The Morgan fingerprint density at radius 2 is 1.50 bits per heavy atom. The average Bonchev–Trinajstić information content (AvgIpc) is 2.61. The Kier molecular flexibility index (Phi) is 6.33. The zero-order valence-electron chi connectivity index (χ0n) is 15.4. The van der Waals surface area contributed by atoms with Crippen LogP contribution in [-0.2, 0) is 19.1 Å². The van der Waals surface area contributed by atoms with E-state index < -0.39 is 17.9 Å². The molecule has 6 nitrogen and oxygen atoms in total. The molecule has 0 saturated heterocycles. The molecule has 1 aromatic carbocycles. The Bertz CT molecular complexity index is 751. The van der Waals surface area contributed by atoms with Crippen molar-refractivity contribution in [3.05, 3.63) is 57.9 Å². The number of nitrogens with one attached hydrogen (secondary N) is 1. The summed E-state index contributed by atoms with van der Waals surface area (Å²) in [6.07, 6.45) is 0.716. The van der Waals surface area contributed by atoms with E-state index in [-0.39, 0.29) is 13.2 Å². The molecule has 0 bridgehead atoms. The van der Waals surface area contributed by atoms with Crippen molar-refractivity contribution in [2.75, 3.05) is 13.2 Å². The van der Waals surface area contributed by atoms with Crippen LogP contribution in [0.25, 0.3) is 0 Å². The standard InChI is InChI=1S/C20H23NO5/c1-5-25-19(23)16-12(3)21-13(4)17(20(24)26-6-2)18(16)15-10-8-7-9-14(15)11-22/h7-11,18,21H,5-6H2,1-4H3. The van der Waals surface area contributed by atoms with Gasteiger partial charge in [0.1, 0.15) is 6.29 Å². The summed E-state index contributed by atoms with van der Waals surface area (Å²) in [5, 5.41) is 3.06. The highest BCUT2D eigenvalue weighted by molar-refractivity contribution is 6.00. The fourth-order valence-corrected chi connectivity index (χ4v) is 3.14. The van der Waals surface area contributed by atoms with Crippen LogP contribution in [0.1, 0.15) is 49.5 Å². The topological polar surface area (TPSA) is 81.7 Å². The third kappa shape index (κ3) is 3.69. The summed E-state index contributed by atoms with van der Waals surface area (Å²) in [4.78, 5) is 36.8. The van der Waals surface area contributed by atoms with Crippen molar-refractivity contribution in [3.8, 4) is 0 Å². The zero-order valence-corrected chi connectivity index (χ0v) is 15.4. The number of carbonyl (C=O) groups excluding carboxylic acids is 3. The van der Waals surface area contributed by atoms with Crippen LogP contribution in [0.2, 0.25) is 0 Å². The first-order chi connectivity index (χ1) is 12.5. The average molecular weight is 357 g/mol. The van der Waals surface area contributed by atoms with Crippen LogP contribution in [0.4, 0.5) is 0 Å². The minimum atomic E-state index is -0.740. The van der Waals surface area contributed by atoms with Crippen molar-refractivity contribution in [1.29, 1.82) is 0 Å². The maximum absolute atomic E-state index is 12.6. The van der Waals surface area contributed by atoms with Gasteiger partial charge in [0.15, 0.2) is 0 Å². The molecule has 2 rings (SSSR count). The highest BCUT2D eigenvalue weighted by Gasteiger charge is 2.38. The van der Waals surface area contributed by atoms with Crippen LogP contribution in [0.15, 0.2) is 46.8 Å². The maximum Gasteiger partial charge on any atom is 0.336 e. The van der Waals surface area contributed by atoms with E-state index >= 15 is 0 Å². The zero-order chi connectivity index (χ0) is 19.3. The minimum absolute atomic E-state index is 0.203. The molecule has 0 unspecified atom stereocenters. The van der Waals surface area contributed by atoms with Gasteiger partial charge >= 0.3 is 11.9 Å². The number of ether oxygens (including phenoxy) is 2. The van der Waals surface area contributed by atoms with Crippen LogP contribution in [0.5, 0.6) is 0 Å². The second-order valence-corrected chi connectivity index (χ2v) is 5.82. The molecular formula is C20H23NO5. The van der Waals surface area contributed by atoms with Crippen LogP contribution < -0.4 is 5.32 Å². The predicted octanol–water partition coefficient (Wildman–Crippen LogP) is 2.86. The first-order valence-corrected chi connectivity index (χ1v) is 8.53. The van der Waals surface area contributed by atoms with Crippen molar-refractivity contribution >= 4 is 18.2 Å². The molecule has 1 N–H and O–H groups in total. The van der Waals surface area contributed by atoms with Gasteiger partial charge in [0.25, 0.3) is 0 Å². The number of rotatable bonds is 6. The molecule has 0 radical (unpaired) electrons. The third-order valence-electron chi connectivity index (χ3n) is 4.19. The normalized spacial score (nSPS) is 14.8. The first kappa shape index (κ1) is 19.4. The Morgan fingerprint density at radius 1 is 1.00 bits per heavy atom. The number of hydrogen-bond donors (Lipinski definition) is 1. The SMILES string of the molecule is CCOC(=O)C1=C(C)NC(C)=C(C(=O)OCC)C1c1ccccc1C=O. The third-order valence-corrected chi connectivity index (χ3v) is 4.19. The molecule has 1 heterocycles. The molecule has 138 valence electrons. The minimum Gasteiger partial charge on any atom is -0.463 e. The van der Waals surface area contributed by atoms with Gasteiger partial charge in [-0.2, -0.15) is 0 Å². The smallest absolute Gasteiger partial charge is 0.336 e. The quantitative estimate of drug-likeness (QED) is 0.623. The van der Waals surface area contributed by atoms with E-state index in [1.54, 1.807) is 52.0 Å². The number of dihydropyridines is 1. The molecule has 6 heteroatoms. The van der Waals surface area contributed by atoms with E-state index in [4.69, 9.17) is 9.47 Å². The molecule has 0 atom stereocenters. The number of carbonyl (C=O) groups is 3. The van der Waals surface area contributed by atoms with E-state index in [1.807, 2.05) is 0 Å². The molecule has 0 aliphatic carbocycles. The Labute approximate surface area is 152 Å². The Hall–Kier alpha value is -2.89. The van der Waals surface area contributed by atoms with Gasteiger partial charge in [0.05, 0.1) is 30.3 Å². The van der Waals surface area contributed by atoms with Crippen LogP contribution in [0.3, 0.4) is 0 Å². The monoisotopic (exact) mass is 357 g/mol. The van der Waals surface area contributed by atoms with Gasteiger partial charge in [0.2, 0.25) is 0 Å². The summed E-state index contributed by atoms with van der Waals surface area (Å²) in [5.74, 6) is -1.80. The summed E-state index contributed by atoms with van der Waals surface area (Å²) in [7, 11) is 0. The molecule has 0 amide bonds. The molecule has 0 spiro atoms. The van der Waals surface area contributed by atoms with Crippen LogP contribution >= 0.6 is 0 Å². The van der Waals surface area contributed by atoms with Gasteiger partial charge in [-0.25, -0.2) is 9.59 Å². The molecule has 0 aromatic heterocycles. The predicted molar refractivity (Wildman–Crippen MR) is 96.4 cm³/mol. The molecule has 1 aliphatic rings. The van der Waals surface area contributed by atoms with E-state index in [0.29, 0.717) is 40.0 Å². The van der Waals surface area contributed by atoms with Crippen molar-refractivity contribution in [2.45, 2.75) is 33.6 Å². The molecule has 0 fully saturated rings. The molecule has 1 aliphatic heterocycles. The van der Waals surface area contributed by atoms with E-state index in [9.17, 15) is 14.4 Å². The lowest BCUT2D eigenvalue weighted by Gasteiger charge is -2.31. The largest absolute Gasteiger partial charge is 0.463 e. The molecular weight excluding hydrogens is 334 g/mol. The van der Waals surface area contributed by atoms with Crippen molar-refractivity contribution in [2.24, 2.45) is 0 Å². The second kappa shape index (κ2) is 8.47. The summed E-state index contributed by atoms with van der Waals surface area (Å²) in [6, 6.07) is 6.88. The maximum atomic E-state index is 12.6. The summed E-state index contributed by atoms with van der Waals surface area (Å²) >= 11 is 0. The number of benzene rings is 1. The van der Waals surface area contributed by atoms with Gasteiger partial charge in [-0.3, -0.25) is 4.79 Å². The van der Waals surface area contributed by atoms with E-state index in [2.05, 4.69) is 5.32 Å². The van der Waals surface area contributed by atoms with Crippen molar-refractivity contribution in [3.63, 3.8) is 0 Å². The Morgan fingerprint density at radius 3 is 1.96 bits per heavy atom. The van der Waals surface area contributed by atoms with Gasteiger partial charge in [-0.15, -0.1) is 0 Å². The van der Waals surface area contributed by atoms with Crippen LogP contribution in [-0.4, -0.2) is 31.4 Å². The number of aldehydes is 1. The highest BCUT2D eigenvalue weighted by Crippen LogP contribution is 2.40. The van der Waals surface area contributed by atoms with Gasteiger partial charge in [-0.05, 0) is 33.3 Å². The van der Waals surface area contributed by atoms with Gasteiger partial charge in [-0.1, -0.05) is 24.3 Å². The second-order valence-electron chi connectivity index (χ2n) is 5.82. The number of esters is 2. The fourth-order valence-electron chi connectivity index (χ4n) is 3.14. The molecule has 1 aromatic rings. The van der Waals surface area contributed by atoms with Gasteiger partial charge < -0.3 is 14.8 Å². The summed E-state index contributed by atoms with van der Waals surface area (Å²) < 4.78 is 10.4. The lowest BCUT2D eigenvalue weighted by atomic mass is 9.79. The lowest BCUT2D eigenvalue weighted by molar-refractivity contribution is -0.139.